The van der Waals surface area contributed by atoms with Crippen molar-refractivity contribution in [3.8, 4) is 0 Å². The first-order chi connectivity index (χ1) is 8.47. The van der Waals surface area contributed by atoms with Gasteiger partial charge in [-0.3, -0.25) is 0 Å². The molecule has 0 saturated carbocycles. The van der Waals surface area contributed by atoms with Crippen LogP contribution in [0.1, 0.15) is 39.0 Å². The van der Waals surface area contributed by atoms with Gasteiger partial charge >= 0.3 is 0 Å². The predicted octanol–water partition coefficient (Wildman–Crippen LogP) is 3.15. The lowest BCUT2D eigenvalue weighted by atomic mass is 10.2. The molecule has 1 aromatic rings. The van der Waals surface area contributed by atoms with Crippen LogP contribution in [0.5, 0.6) is 0 Å². The first-order valence-corrected chi connectivity index (χ1v) is 7.90. The maximum atomic E-state index is 13.2. The Kier molecular flexibility index (Phi) is 5.59. The van der Waals surface area contributed by atoms with Gasteiger partial charge in [-0.1, -0.05) is 32.6 Å². The van der Waals surface area contributed by atoms with Crippen LogP contribution in [0, 0.1) is 5.82 Å². The topological polar surface area (TPSA) is 60.2 Å². The Morgan fingerprint density at radius 1 is 1.17 bits per heavy atom. The molecule has 5 heteroatoms. The molecule has 18 heavy (non-hydrogen) atoms. The minimum Gasteiger partial charge on any atom is -0.396 e. The Morgan fingerprint density at radius 2 is 1.83 bits per heavy atom. The number of rotatable bonds is 7. The van der Waals surface area contributed by atoms with Gasteiger partial charge in [0.1, 0.15) is 5.82 Å². The van der Waals surface area contributed by atoms with E-state index in [4.69, 9.17) is 5.73 Å². The molecule has 0 aliphatic heterocycles. The van der Waals surface area contributed by atoms with Crippen LogP contribution in [-0.2, 0) is 9.84 Å². The normalized spacial score (nSPS) is 11.7. The molecular weight excluding hydrogens is 253 g/mol. The van der Waals surface area contributed by atoms with Gasteiger partial charge in [-0.05, 0) is 24.6 Å². The summed E-state index contributed by atoms with van der Waals surface area (Å²) in [6.07, 6.45) is 4.80. The van der Waals surface area contributed by atoms with Crippen molar-refractivity contribution in [3.05, 3.63) is 24.0 Å². The van der Waals surface area contributed by atoms with Crippen LogP contribution < -0.4 is 5.73 Å². The summed E-state index contributed by atoms with van der Waals surface area (Å²) in [4.78, 5) is 0.0182. The molecule has 0 aromatic heterocycles. The third-order valence-corrected chi connectivity index (χ3v) is 4.65. The quantitative estimate of drug-likeness (QED) is 0.613. The van der Waals surface area contributed by atoms with Crippen LogP contribution in [0.25, 0.3) is 0 Å². The number of nitrogen functional groups attached to an aromatic ring is 1. The van der Waals surface area contributed by atoms with Gasteiger partial charge in [0, 0.05) is 0 Å². The average molecular weight is 273 g/mol. The molecule has 0 radical (unpaired) electrons. The van der Waals surface area contributed by atoms with Crippen LogP contribution in [-0.4, -0.2) is 14.2 Å². The van der Waals surface area contributed by atoms with Crippen LogP contribution >= 0.6 is 0 Å². The lowest BCUT2D eigenvalue weighted by Crippen LogP contribution is -2.07. The smallest absolute Gasteiger partial charge is 0.178 e. The largest absolute Gasteiger partial charge is 0.396 e. The summed E-state index contributed by atoms with van der Waals surface area (Å²) in [5.74, 6) is -0.609. The second-order valence-corrected chi connectivity index (χ2v) is 6.53. The zero-order valence-electron chi connectivity index (χ0n) is 10.7. The maximum absolute atomic E-state index is 13.2. The molecule has 0 aliphatic rings. The van der Waals surface area contributed by atoms with E-state index >= 15 is 0 Å². The van der Waals surface area contributed by atoms with Crippen molar-refractivity contribution in [3.63, 3.8) is 0 Å². The van der Waals surface area contributed by atoms with Gasteiger partial charge in [0.15, 0.2) is 9.84 Å². The highest BCUT2D eigenvalue weighted by Gasteiger charge is 2.15. The van der Waals surface area contributed by atoms with E-state index in [9.17, 15) is 12.8 Å². The fourth-order valence-corrected chi connectivity index (χ4v) is 3.09. The summed E-state index contributed by atoms with van der Waals surface area (Å²) in [5.41, 5.74) is 5.29. The van der Waals surface area contributed by atoms with E-state index in [0.717, 1.165) is 31.7 Å². The lowest BCUT2D eigenvalue weighted by molar-refractivity contribution is 0.583. The molecule has 0 unspecified atom stereocenters. The van der Waals surface area contributed by atoms with Gasteiger partial charge in [-0.25, -0.2) is 12.8 Å². The molecule has 1 aromatic carbocycles. The molecule has 0 amide bonds. The standard InChI is InChI=1S/C13H20FNO2S/c1-2-3-4-5-6-9-18(16,17)11-7-8-13(15)12(14)10-11/h7-8,10H,2-6,9,15H2,1H3. The molecule has 0 fully saturated rings. The summed E-state index contributed by atoms with van der Waals surface area (Å²) in [5, 5.41) is 0. The lowest BCUT2D eigenvalue weighted by Gasteiger charge is -2.05. The highest BCUT2D eigenvalue weighted by Crippen LogP contribution is 2.18. The SMILES string of the molecule is CCCCCCCS(=O)(=O)c1ccc(N)c(F)c1. The number of benzene rings is 1. The molecule has 0 bridgehead atoms. The predicted molar refractivity (Wildman–Crippen MR) is 71.6 cm³/mol. The number of hydrogen-bond donors (Lipinski definition) is 1. The van der Waals surface area contributed by atoms with Gasteiger partial charge in [0.05, 0.1) is 16.3 Å². The van der Waals surface area contributed by atoms with Crippen molar-refractivity contribution in [1.29, 1.82) is 0 Å². The van der Waals surface area contributed by atoms with E-state index in [1.807, 2.05) is 0 Å². The van der Waals surface area contributed by atoms with Gasteiger partial charge < -0.3 is 5.73 Å². The summed E-state index contributed by atoms with van der Waals surface area (Å²) in [6.45, 7) is 2.11. The maximum Gasteiger partial charge on any atom is 0.178 e. The van der Waals surface area contributed by atoms with Crippen molar-refractivity contribution >= 4 is 15.5 Å². The van der Waals surface area contributed by atoms with Gasteiger partial charge in [0.2, 0.25) is 0 Å². The first-order valence-electron chi connectivity index (χ1n) is 6.25. The Bertz CT molecular complexity index is 486. The molecule has 0 spiro atoms. The highest BCUT2D eigenvalue weighted by atomic mass is 32.2. The molecule has 3 nitrogen and oxygen atoms in total. The van der Waals surface area contributed by atoms with E-state index in [2.05, 4.69) is 6.92 Å². The average Bonchev–Trinajstić information content (AvgIpc) is 2.32. The second kappa shape index (κ2) is 6.73. The van der Waals surface area contributed by atoms with Crippen molar-refractivity contribution in [1.82, 2.24) is 0 Å². The van der Waals surface area contributed by atoms with Crippen molar-refractivity contribution in [2.24, 2.45) is 0 Å². The summed E-state index contributed by atoms with van der Waals surface area (Å²) < 4.78 is 37.1. The zero-order chi connectivity index (χ0) is 13.6. The second-order valence-electron chi connectivity index (χ2n) is 4.42. The monoisotopic (exact) mass is 273 g/mol. The van der Waals surface area contributed by atoms with E-state index in [0.29, 0.717) is 6.42 Å². The summed E-state index contributed by atoms with van der Waals surface area (Å²) in [6, 6.07) is 3.65. The molecule has 0 heterocycles. The van der Waals surface area contributed by atoms with E-state index in [-0.39, 0.29) is 16.3 Å². The van der Waals surface area contributed by atoms with Gasteiger partial charge in [-0.2, -0.15) is 0 Å². The Labute approximate surface area is 108 Å². The van der Waals surface area contributed by atoms with Gasteiger partial charge in [-0.15, -0.1) is 0 Å². The minimum absolute atomic E-state index is 0.0182. The number of sulfone groups is 1. The third-order valence-electron chi connectivity index (χ3n) is 2.85. The van der Waals surface area contributed by atoms with Gasteiger partial charge in [0.25, 0.3) is 0 Å². The fourth-order valence-electron chi connectivity index (χ4n) is 1.71. The molecular formula is C13H20FNO2S. The molecule has 0 saturated heterocycles. The van der Waals surface area contributed by atoms with Crippen LogP contribution in [0.15, 0.2) is 23.1 Å². The third kappa shape index (κ3) is 4.29. The minimum atomic E-state index is -3.38. The molecule has 102 valence electrons. The number of halogens is 1. The number of anilines is 1. The summed E-state index contributed by atoms with van der Waals surface area (Å²) >= 11 is 0. The number of unbranched alkanes of at least 4 members (excludes halogenated alkanes) is 4. The fraction of sp³-hybridized carbons (Fsp3) is 0.538. The van der Waals surface area contributed by atoms with Crippen molar-refractivity contribution in [2.75, 3.05) is 11.5 Å². The first kappa shape index (κ1) is 15.0. The molecule has 2 N–H and O–H groups in total. The molecule has 0 aliphatic carbocycles. The number of nitrogens with two attached hydrogens (primary N) is 1. The van der Waals surface area contributed by atoms with Crippen LogP contribution in [0.4, 0.5) is 10.1 Å². The van der Waals surface area contributed by atoms with Crippen molar-refractivity contribution in [2.45, 2.75) is 43.9 Å². The summed E-state index contributed by atoms with van der Waals surface area (Å²) in [7, 11) is -3.38. The molecule has 1 rings (SSSR count). The zero-order valence-corrected chi connectivity index (χ0v) is 11.5. The molecule has 0 atom stereocenters. The van der Waals surface area contributed by atoms with E-state index < -0.39 is 15.7 Å². The Balaban J connectivity index is 2.60. The van der Waals surface area contributed by atoms with Crippen LogP contribution in [0.2, 0.25) is 0 Å². The van der Waals surface area contributed by atoms with Crippen molar-refractivity contribution < 1.29 is 12.8 Å². The Morgan fingerprint density at radius 3 is 2.44 bits per heavy atom. The van der Waals surface area contributed by atoms with Crippen LogP contribution in [0.3, 0.4) is 0 Å². The van der Waals surface area contributed by atoms with E-state index in [1.54, 1.807) is 0 Å². The van der Waals surface area contributed by atoms with E-state index in [1.165, 1.54) is 12.1 Å². The Hall–Kier alpha value is -1.10. The number of hydrogen-bond acceptors (Lipinski definition) is 3. The highest BCUT2D eigenvalue weighted by molar-refractivity contribution is 7.91.